The molecule has 0 aliphatic rings. The summed E-state index contributed by atoms with van der Waals surface area (Å²) in [7, 11) is 6.84. The molecule has 0 radical (unpaired) electrons. The number of hydrogen-bond donors (Lipinski definition) is 1. The van der Waals surface area contributed by atoms with Gasteiger partial charge in [-0.2, -0.15) is 12.6 Å². The van der Waals surface area contributed by atoms with Crippen LogP contribution in [0.25, 0.3) is 0 Å². The van der Waals surface area contributed by atoms with Gasteiger partial charge in [-0.1, -0.05) is 309 Å². The van der Waals surface area contributed by atoms with Crippen molar-refractivity contribution in [3.05, 3.63) is 215 Å². The predicted octanol–water partition coefficient (Wildman–Crippen LogP) is 20.1. The molecular weight excluding hydrogens is 1060 g/mol. The van der Waals surface area contributed by atoms with Gasteiger partial charge in [0.05, 0.1) is 0 Å². The molecule has 6 aromatic rings. The van der Waals surface area contributed by atoms with Crippen LogP contribution in [0.2, 0.25) is 0 Å². The van der Waals surface area contributed by atoms with Gasteiger partial charge in [-0.25, -0.2) is 0 Å². The van der Waals surface area contributed by atoms with Gasteiger partial charge in [-0.3, -0.25) is 0 Å². The van der Waals surface area contributed by atoms with E-state index in [1.54, 1.807) is 32.4 Å². The zero-order valence-electron chi connectivity index (χ0n) is 44.8. The second-order valence-electron chi connectivity index (χ2n) is 19.8. The van der Waals surface area contributed by atoms with E-state index in [2.05, 4.69) is 227 Å². The van der Waals surface area contributed by atoms with Gasteiger partial charge in [0.2, 0.25) is 0 Å². The Labute approximate surface area is 485 Å². The van der Waals surface area contributed by atoms with E-state index in [-0.39, 0.29) is 9.49 Å². The topological polar surface area (TPSA) is 9.72 Å². The lowest BCUT2D eigenvalue weighted by Crippen LogP contribution is -2.28. The minimum Gasteiger partial charge on any atom is -0.348 e. The van der Waals surface area contributed by atoms with E-state index in [0.29, 0.717) is 0 Å². The molecule has 6 rings (SSSR count). The molecule has 0 aliphatic carbocycles. The fourth-order valence-corrected chi connectivity index (χ4v) is 13.1. The first kappa shape index (κ1) is 63.3. The summed E-state index contributed by atoms with van der Waals surface area (Å²) in [4.78, 5) is 6.82. The molecule has 0 bridgehead atoms. The normalized spacial score (nSPS) is 11.1. The van der Waals surface area contributed by atoms with Crippen molar-refractivity contribution in [3.63, 3.8) is 0 Å². The van der Waals surface area contributed by atoms with Crippen LogP contribution in [0.1, 0.15) is 139 Å². The second-order valence-corrected chi connectivity index (χ2v) is 27.9. The number of rotatable bonds is 24. The molecule has 0 saturated carbocycles. The van der Waals surface area contributed by atoms with Crippen LogP contribution in [0.4, 0.5) is 0 Å². The fourth-order valence-electron chi connectivity index (χ4n) is 7.76. The van der Waals surface area contributed by atoms with Crippen molar-refractivity contribution in [2.24, 2.45) is 0 Å². The number of hydrogen-bond acceptors (Lipinski definition) is 8. The highest BCUT2D eigenvalue weighted by molar-refractivity contribution is 8.89. The van der Waals surface area contributed by atoms with Gasteiger partial charge < -0.3 is 14.7 Å². The standard InChI is InChI=1S/C30H28N2S4.C24H33NS3.C9H20S/c33-29(31(21-25-13-5-1-6-14-25)22-26-15-7-2-8-16-26)35-36-30(34)32(23-27-17-9-3-10-18-27)24-28-19-11-4-12-20-28;1-4-5-6-13-18-24(2,3)28-27-23(26)25(19-21-14-9-7-10-15-21)20-22-16-11-8-12-17-22;1-4-5-6-7-8-9(2,3)10/h1-20H,21-24H2;7-12,14-17H,4-6,13,18-20H2,1-3H3;10H,4-8H2,1-3H3. The van der Waals surface area contributed by atoms with Crippen LogP contribution in [-0.2, 0) is 39.3 Å². The Morgan fingerprint density at radius 1 is 0.365 bits per heavy atom. The molecule has 0 atom stereocenters. The molecule has 0 saturated heterocycles. The van der Waals surface area contributed by atoms with Crippen LogP contribution < -0.4 is 0 Å². The quantitative estimate of drug-likeness (QED) is 0.0271. The van der Waals surface area contributed by atoms with Gasteiger partial charge in [-0.05, 0) is 92.5 Å². The fraction of sp³-hybridized carbons (Fsp3) is 0.381. The van der Waals surface area contributed by atoms with Crippen molar-refractivity contribution in [1.82, 2.24) is 14.7 Å². The Morgan fingerprint density at radius 3 is 0.851 bits per heavy atom. The monoisotopic (exact) mass is 1140 g/mol. The van der Waals surface area contributed by atoms with Crippen molar-refractivity contribution in [1.29, 1.82) is 0 Å². The van der Waals surface area contributed by atoms with E-state index in [4.69, 9.17) is 36.7 Å². The molecule has 0 N–H and O–H groups in total. The van der Waals surface area contributed by atoms with Crippen molar-refractivity contribution in [2.45, 2.75) is 155 Å². The summed E-state index contributed by atoms with van der Waals surface area (Å²) in [5.74, 6) is 0. The molecule has 0 heterocycles. The minimum absolute atomic E-state index is 0.244. The van der Waals surface area contributed by atoms with Crippen LogP contribution in [0.3, 0.4) is 0 Å². The van der Waals surface area contributed by atoms with E-state index in [9.17, 15) is 0 Å². The summed E-state index contributed by atoms with van der Waals surface area (Å²) in [6.07, 6.45) is 13.2. The van der Waals surface area contributed by atoms with Gasteiger partial charge in [0.25, 0.3) is 0 Å². The Bertz CT molecular complexity index is 2180. The first-order chi connectivity index (χ1) is 35.7. The average molecular weight is 1140 g/mol. The number of thiol groups is 1. The molecule has 0 fully saturated rings. The summed E-state index contributed by atoms with van der Waals surface area (Å²) < 4.78 is 3.12. The third-order valence-corrected chi connectivity index (χ3v) is 19.9. The second kappa shape index (κ2) is 36.7. The van der Waals surface area contributed by atoms with Crippen molar-refractivity contribution < 1.29 is 0 Å². The summed E-state index contributed by atoms with van der Waals surface area (Å²) >= 11 is 22.2. The van der Waals surface area contributed by atoms with Crippen molar-refractivity contribution in [2.75, 3.05) is 0 Å². The van der Waals surface area contributed by atoms with E-state index in [1.165, 1.54) is 97.6 Å². The maximum atomic E-state index is 5.93. The van der Waals surface area contributed by atoms with Crippen LogP contribution in [0, 0.1) is 0 Å². The first-order valence-electron chi connectivity index (χ1n) is 26.3. The predicted molar refractivity (Wildman–Crippen MR) is 349 cm³/mol. The third kappa shape index (κ3) is 28.2. The molecule has 0 amide bonds. The van der Waals surface area contributed by atoms with Gasteiger partial charge >= 0.3 is 0 Å². The molecular formula is C63H81N3S8. The average Bonchev–Trinajstić information content (AvgIpc) is 3.41. The van der Waals surface area contributed by atoms with Crippen LogP contribution in [-0.4, -0.2) is 37.2 Å². The Balaban J connectivity index is 0.000000277. The smallest absolute Gasteiger partial charge is 0.148 e. The van der Waals surface area contributed by atoms with Crippen LogP contribution in [0.15, 0.2) is 182 Å². The lowest BCUT2D eigenvalue weighted by molar-refractivity contribution is 0.421. The van der Waals surface area contributed by atoms with E-state index in [0.717, 1.165) is 52.2 Å². The lowest BCUT2D eigenvalue weighted by atomic mass is 10.0. The summed E-state index contributed by atoms with van der Waals surface area (Å²) in [6, 6.07) is 63.1. The van der Waals surface area contributed by atoms with E-state index >= 15 is 0 Å². The first-order valence-corrected chi connectivity index (χ1v) is 32.2. The maximum absolute atomic E-state index is 5.93. The van der Waals surface area contributed by atoms with Gasteiger partial charge in [0.15, 0.2) is 0 Å². The molecule has 0 spiro atoms. The molecule has 11 heteroatoms. The highest BCUT2D eigenvalue weighted by Gasteiger charge is 2.22. The van der Waals surface area contributed by atoms with E-state index in [1.807, 2.05) is 35.1 Å². The number of thiocarbonyl (C=S) groups is 3. The highest BCUT2D eigenvalue weighted by Crippen LogP contribution is 2.41. The van der Waals surface area contributed by atoms with E-state index < -0.39 is 0 Å². The summed E-state index contributed by atoms with van der Waals surface area (Å²) in [6.45, 7) is 18.3. The van der Waals surface area contributed by atoms with Crippen LogP contribution in [0.5, 0.6) is 0 Å². The van der Waals surface area contributed by atoms with Gasteiger partial charge in [0, 0.05) is 48.8 Å². The Morgan fingerprint density at radius 2 is 0.608 bits per heavy atom. The van der Waals surface area contributed by atoms with Crippen molar-refractivity contribution >= 4 is 105 Å². The van der Waals surface area contributed by atoms with Crippen molar-refractivity contribution in [3.8, 4) is 0 Å². The zero-order valence-corrected chi connectivity index (χ0v) is 51.4. The van der Waals surface area contributed by atoms with Gasteiger partial charge in [0.1, 0.15) is 13.0 Å². The molecule has 6 aromatic carbocycles. The number of nitrogens with zero attached hydrogens (tertiary/aromatic N) is 3. The van der Waals surface area contributed by atoms with Crippen LogP contribution >= 0.6 is 92.5 Å². The third-order valence-electron chi connectivity index (χ3n) is 11.9. The number of benzene rings is 6. The largest absolute Gasteiger partial charge is 0.348 e. The lowest BCUT2D eigenvalue weighted by Gasteiger charge is -2.28. The molecule has 0 aliphatic heterocycles. The molecule has 3 nitrogen and oxygen atoms in total. The molecule has 396 valence electrons. The molecule has 0 unspecified atom stereocenters. The Kier molecular flexibility index (Phi) is 31.4. The minimum atomic E-state index is 0.244. The number of unbranched alkanes of at least 4 members (excludes halogenated alkanes) is 6. The maximum Gasteiger partial charge on any atom is 0.148 e. The summed E-state index contributed by atoms with van der Waals surface area (Å²) in [5.41, 5.74) is 7.53. The SMILES string of the molecule is CCCCCCC(C)(C)S.CCCCCCC(C)(C)SSC(=S)N(Cc1ccccc1)Cc1ccccc1.S=C(SSC(=S)N(Cc1ccccc1)Cc1ccccc1)N(Cc1ccccc1)Cc1ccccc1. The summed E-state index contributed by atoms with van der Waals surface area (Å²) in [5, 5.41) is 0. The Hall–Kier alpha value is -3.26. The molecule has 0 aromatic heterocycles. The highest BCUT2D eigenvalue weighted by atomic mass is 33.1. The van der Waals surface area contributed by atoms with Gasteiger partial charge in [-0.15, -0.1) is 0 Å². The molecule has 74 heavy (non-hydrogen) atoms. The zero-order chi connectivity index (χ0) is 53.3.